The third-order valence-electron chi connectivity index (χ3n) is 10.6. The SMILES string of the molecule is [B][P+](c1ccccc1)(c1ccccc1)c1ccc(OCC[P+](c2ccccc2)(c2ccccc2)c2ccc3ccc4cccc5ccc2c3c45)cc1. The fourth-order valence-corrected chi connectivity index (χ4v) is 15.1. The van der Waals surface area contributed by atoms with Gasteiger partial charge in [-0.25, -0.2) is 0 Å². The van der Waals surface area contributed by atoms with Crippen LogP contribution in [0.1, 0.15) is 0 Å². The van der Waals surface area contributed by atoms with E-state index >= 15 is 0 Å². The molecule has 0 N–H and O–H groups in total. The molecule has 0 heterocycles. The lowest BCUT2D eigenvalue weighted by molar-refractivity contribution is 0.343. The topological polar surface area (TPSA) is 9.23 Å². The van der Waals surface area contributed by atoms with E-state index in [9.17, 15) is 0 Å². The van der Waals surface area contributed by atoms with Gasteiger partial charge in [0.15, 0.2) is 0 Å². The zero-order chi connectivity index (χ0) is 35.0. The first-order chi connectivity index (χ1) is 25.7. The highest BCUT2D eigenvalue weighted by atomic mass is 31.2. The molecule has 0 fully saturated rings. The lowest BCUT2D eigenvalue weighted by Gasteiger charge is -2.29. The van der Waals surface area contributed by atoms with Gasteiger partial charge in [0, 0.05) is 10.8 Å². The zero-order valence-electron chi connectivity index (χ0n) is 28.8. The first-order valence-electron chi connectivity index (χ1n) is 17.8. The van der Waals surface area contributed by atoms with Gasteiger partial charge in [-0.05, 0) is 106 Å². The summed E-state index contributed by atoms with van der Waals surface area (Å²) in [6.07, 6.45) is 0.856. The highest BCUT2D eigenvalue weighted by Gasteiger charge is 2.47. The molecule has 0 bridgehead atoms. The number of benzene rings is 9. The molecule has 0 aliphatic rings. The van der Waals surface area contributed by atoms with Crippen molar-refractivity contribution in [3.05, 3.63) is 200 Å². The average molecular weight is 703 g/mol. The lowest BCUT2D eigenvalue weighted by Crippen LogP contribution is -2.35. The van der Waals surface area contributed by atoms with Crippen LogP contribution in [0, 0.1) is 0 Å². The predicted octanol–water partition coefficient (Wildman–Crippen LogP) is 9.33. The molecule has 0 unspecified atom stereocenters. The Balaban J connectivity index is 1.13. The highest BCUT2D eigenvalue weighted by Crippen LogP contribution is 2.57. The molecule has 246 valence electrons. The van der Waals surface area contributed by atoms with Crippen LogP contribution in [-0.2, 0) is 0 Å². The van der Waals surface area contributed by atoms with Crippen molar-refractivity contribution >= 4 is 86.1 Å². The molecular weight excluding hydrogens is 665 g/mol. The summed E-state index contributed by atoms with van der Waals surface area (Å²) in [5.74, 6) is 0.853. The molecule has 0 saturated heterocycles. The molecular formula is C48H37BOP2+2. The summed E-state index contributed by atoms with van der Waals surface area (Å²) in [5.41, 5.74) is 0. The Morgan fingerprint density at radius 3 is 1.37 bits per heavy atom. The summed E-state index contributed by atoms with van der Waals surface area (Å²) in [5, 5.41) is 15.4. The standard InChI is InChI=1S/C48H37BOP2/c49-52(42-20-9-3-10-21-42,43-22-11-4-12-23-43)44-30-28-39(29-31-44)50-34-35-51(40-16-5-1-6-17-40,41-18-7-2-8-19-41)46-33-27-38-25-24-36-14-13-15-37-26-32-45(46)48(38)47(36)37/h1-33H,34-35H2/q+2. The summed E-state index contributed by atoms with van der Waals surface area (Å²) in [6.45, 7) is 0.569. The van der Waals surface area contributed by atoms with Crippen molar-refractivity contribution in [1.82, 2.24) is 0 Å². The second-order valence-corrected chi connectivity index (χ2v) is 20.0. The molecule has 9 aromatic carbocycles. The van der Waals surface area contributed by atoms with Gasteiger partial charge in [0.2, 0.25) is 0 Å². The van der Waals surface area contributed by atoms with Gasteiger partial charge in [-0.3, -0.25) is 0 Å². The van der Waals surface area contributed by atoms with Crippen molar-refractivity contribution in [1.29, 1.82) is 0 Å². The normalized spacial score (nSPS) is 12.1. The van der Waals surface area contributed by atoms with E-state index in [1.165, 1.54) is 48.2 Å². The maximum absolute atomic E-state index is 7.44. The van der Waals surface area contributed by atoms with Crippen molar-refractivity contribution in [3.8, 4) is 5.75 Å². The molecule has 52 heavy (non-hydrogen) atoms. The smallest absolute Gasteiger partial charge is 0.383 e. The summed E-state index contributed by atoms with van der Waals surface area (Å²) in [6, 6.07) is 72.4. The second-order valence-electron chi connectivity index (χ2n) is 13.4. The fourth-order valence-electron chi connectivity index (χ4n) is 8.08. The minimum Gasteiger partial charge on any atom is -0.490 e. The van der Waals surface area contributed by atoms with Gasteiger partial charge >= 0.3 is 7.57 Å². The molecule has 0 spiro atoms. The molecule has 1 nitrogen and oxygen atoms in total. The molecule has 0 amide bonds. The predicted molar refractivity (Wildman–Crippen MR) is 230 cm³/mol. The van der Waals surface area contributed by atoms with E-state index < -0.39 is 14.4 Å². The van der Waals surface area contributed by atoms with E-state index in [2.05, 4.69) is 188 Å². The van der Waals surface area contributed by atoms with Crippen molar-refractivity contribution in [2.45, 2.75) is 0 Å². The van der Waals surface area contributed by atoms with Crippen molar-refractivity contribution in [3.63, 3.8) is 0 Å². The van der Waals surface area contributed by atoms with Crippen LogP contribution in [0.25, 0.3) is 32.3 Å². The molecule has 0 saturated carbocycles. The summed E-state index contributed by atoms with van der Waals surface area (Å²) >= 11 is 0. The number of hydrogen-bond acceptors (Lipinski definition) is 1. The van der Waals surface area contributed by atoms with Crippen LogP contribution in [0.3, 0.4) is 0 Å². The Morgan fingerprint density at radius 2 is 0.827 bits per heavy atom. The number of rotatable bonds is 10. The van der Waals surface area contributed by atoms with Gasteiger partial charge in [-0.1, -0.05) is 115 Å². The van der Waals surface area contributed by atoms with Gasteiger partial charge in [-0.2, -0.15) is 0 Å². The molecule has 0 aliphatic carbocycles. The zero-order valence-corrected chi connectivity index (χ0v) is 30.6. The Kier molecular flexibility index (Phi) is 8.60. The first kappa shape index (κ1) is 32.6. The van der Waals surface area contributed by atoms with Crippen LogP contribution in [-0.4, -0.2) is 20.3 Å². The number of hydrogen-bond donors (Lipinski definition) is 0. The van der Waals surface area contributed by atoms with Gasteiger partial charge in [0.25, 0.3) is 0 Å². The van der Waals surface area contributed by atoms with Gasteiger partial charge in [-0.15, -0.1) is 0 Å². The van der Waals surface area contributed by atoms with Crippen LogP contribution >= 0.6 is 14.4 Å². The van der Waals surface area contributed by atoms with Gasteiger partial charge < -0.3 is 4.74 Å². The Hall–Kier alpha value is -5.26. The average Bonchev–Trinajstić information content (AvgIpc) is 3.23. The third-order valence-corrected chi connectivity index (χ3v) is 18.3. The third kappa shape index (κ3) is 5.50. The molecule has 0 atom stereocenters. The maximum Gasteiger partial charge on any atom is 0.383 e. The van der Waals surface area contributed by atoms with Crippen molar-refractivity contribution in [2.75, 3.05) is 12.8 Å². The van der Waals surface area contributed by atoms with E-state index in [0.717, 1.165) is 27.8 Å². The summed E-state index contributed by atoms with van der Waals surface area (Å²) < 4.78 is 6.73. The van der Waals surface area contributed by atoms with E-state index in [4.69, 9.17) is 12.3 Å². The molecule has 0 aromatic heterocycles. The van der Waals surface area contributed by atoms with Gasteiger partial charge in [0.1, 0.15) is 41.7 Å². The minimum absolute atomic E-state index is 0.569. The van der Waals surface area contributed by atoms with Crippen molar-refractivity contribution in [2.24, 2.45) is 0 Å². The van der Waals surface area contributed by atoms with E-state index in [-0.39, 0.29) is 0 Å². The lowest BCUT2D eigenvalue weighted by atomic mass is 9.94. The molecule has 9 rings (SSSR count). The van der Waals surface area contributed by atoms with Crippen LogP contribution in [0.4, 0.5) is 0 Å². The van der Waals surface area contributed by atoms with Crippen molar-refractivity contribution < 1.29 is 4.74 Å². The number of ether oxygens (including phenoxy) is 1. The largest absolute Gasteiger partial charge is 0.490 e. The van der Waals surface area contributed by atoms with Crippen LogP contribution in [0.15, 0.2) is 200 Å². The maximum atomic E-state index is 7.44. The molecule has 0 aliphatic heterocycles. The fraction of sp³-hybridized carbons (Fsp3) is 0.0417. The molecule has 9 aromatic rings. The quantitative estimate of drug-likeness (QED) is 0.0785. The highest BCUT2D eigenvalue weighted by molar-refractivity contribution is 8.13. The Morgan fingerprint density at radius 1 is 0.385 bits per heavy atom. The first-order valence-corrected chi connectivity index (χ1v) is 21.7. The summed E-state index contributed by atoms with van der Waals surface area (Å²) in [7, 11) is 2.91. The van der Waals surface area contributed by atoms with E-state index in [1.54, 1.807) is 0 Å². The van der Waals surface area contributed by atoms with Crippen LogP contribution in [0.5, 0.6) is 5.75 Å². The molecule has 2 radical (unpaired) electrons. The van der Waals surface area contributed by atoms with Crippen LogP contribution in [0.2, 0.25) is 0 Å². The minimum atomic E-state index is -2.32. The van der Waals surface area contributed by atoms with Gasteiger partial charge in [0.05, 0.1) is 23.1 Å². The summed E-state index contributed by atoms with van der Waals surface area (Å²) in [4.78, 5) is 0. The monoisotopic (exact) mass is 702 g/mol. The Labute approximate surface area is 308 Å². The Bertz CT molecular complexity index is 2500. The van der Waals surface area contributed by atoms with Crippen LogP contribution < -0.4 is 36.6 Å². The second kappa shape index (κ2) is 13.7. The molecule has 4 heteroatoms. The van der Waals surface area contributed by atoms with E-state index in [0.29, 0.717) is 6.61 Å². The van der Waals surface area contributed by atoms with E-state index in [1.807, 2.05) is 12.1 Å².